The Kier molecular flexibility index (Phi) is 8.48. The zero-order valence-electron chi connectivity index (χ0n) is 16.5. The van der Waals surface area contributed by atoms with Crippen molar-refractivity contribution in [3.8, 4) is 0 Å². The molecule has 2 aromatic carbocycles. The van der Waals surface area contributed by atoms with E-state index in [2.05, 4.69) is 21.3 Å². The van der Waals surface area contributed by atoms with Gasteiger partial charge in [-0.15, -0.1) is 0 Å². The first-order valence-corrected chi connectivity index (χ1v) is 9.82. The Hall–Kier alpha value is -3.06. The summed E-state index contributed by atoms with van der Waals surface area (Å²) in [6.45, 7) is 4.30. The Morgan fingerprint density at radius 2 is 1.72 bits per heavy atom. The van der Waals surface area contributed by atoms with Gasteiger partial charge in [-0.3, -0.25) is 14.4 Å². The Labute approximate surface area is 175 Å². The highest BCUT2D eigenvalue weighted by atomic mass is 35.5. The maximum atomic E-state index is 12.3. The van der Waals surface area contributed by atoms with Crippen LogP contribution in [0.15, 0.2) is 42.5 Å². The Morgan fingerprint density at radius 1 is 0.931 bits per heavy atom. The van der Waals surface area contributed by atoms with Crippen LogP contribution >= 0.6 is 11.6 Å². The molecule has 2 rings (SSSR count). The van der Waals surface area contributed by atoms with Gasteiger partial charge in [0.15, 0.2) is 0 Å². The fourth-order valence-electron chi connectivity index (χ4n) is 2.56. The lowest BCUT2D eigenvalue weighted by atomic mass is 10.2. The second-order valence-corrected chi connectivity index (χ2v) is 6.74. The summed E-state index contributed by atoms with van der Waals surface area (Å²) < 4.78 is 0. The molecule has 3 amide bonds. The third-order valence-corrected chi connectivity index (χ3v) is 4.25. The first kappa shape index (κ1) is 22.2. The van der Waals surface area contributed by atoms with Crippen LogP contribution in [0.4, 0.5) is 17.1 Å². The smallest absolute Gasteiger partial charge is 0.251 e. The van der Waals surface area contributed by atoms with Crippen molar-refractivity contribution in [3.63, 3.8) is 0 Å². The summed E-state index contributed by atoms with van der Waals surface area (Å²) >= 11 is 6.15. The molecule has 0 aliphatic heterocycles. The van der Waals surface area contributed by atoms with Crippen molar-refractivity contribution in [1.82, 2.24) is 5.32 Å². The molecule has 0 spiro atoms. The van der Waals surface area contributed by atoms with Crippen molar-refractivity contribution in [3.05, 3.63) is 53.1 Å². The number of hydrogen-bond acceptors (Lipinski definition) is 4. The number of carbonyl (C=O) groups is 3. The van der Waals surface area contributed by atoms with Gasteiger partial charge in [-0.05, 0) is 49.7 Å². The van der Waals surface area contributed by atoms with E-state index in [-0.39, 0.29) is 24.3 Å². The highest BCUT2D eigenvalue weighted by Crippen LogP contribution is 2.25. The van der Waals surface area contributed by atoms with Crippen molar-refractivity contribution >= 4 is 46.4 Å². The molecule has 0 saturated heterocycles. The van der Waals surface area contributed by atoms with Gasteiger partial charge in [-0.1, -0.05) is 24.6 Å². The van der Waals surface area contributed by atoms with Crippen LogP contribution in [0, 0.1) is 0 Å². The summed E-state index contributed by atoms with van der Waals surface area (Å²) in [5.41, 5.74) is 2.13. The molecule has 0 heterocycles. The number of carbonyl (C=O) groups excluding carboxylic acids is 3. The molecule has 0 unspecified atom stereocenters. The van der Waals surface area contributed by atoms with Gasteiger partial charge < -0.3 is 21.3 Å². The molecule has 0 atom stereocenters. The van der Waals surface area contributed by atoms with Crippen molar-refractivity contribution < 1.29 is 14.4 Å². The van der Waals surface area contributed by atoms with E-state index in [9.17, 15) is 14.4 Å². The summed E-state index contributed by atoms with van der Waals surface area (Å²) in [4.78, 5) is 35.9. The summed E-state index contributed by atoms with van der Waals surface area (Å²) in [5, 5.41) is 11.6. The van der Waals surface area contributed by atoms with E-state index in [1.165, 1.54) is 0 Å². The summed E-state index contributed by atoms with van der Waals surface area (Å²) in [7, 11) is 0. The maximum Gasteiger partial charge on any atom is 0.251 e. The maximum absolute atomic E-state index is 12.3. The molecule has 0 radical (unpaired) electrons. The molecule has 29 heavy (non-hydrogen) atoms. The summed E-state index contributed by atoms with van der Waals surface area (Å²) in [6, 6.07) is 11.8. The van der Waals surface area contributed by atoms with E-state index in [0.717, 1.165) is 6.42 Å². The van der Waals surface area contributed by atoms with E-state index in [0.29, 0.717) is 40.6 Å². The van der Waals surface area contributed by atoms with Crippen molar-refractivity contribution in [2.45, 2.75) is 26.7 Å². The third kappa shape index (κ3) is 7.12. The Balaban J connectivity index is 1.96. The molecule has 0 saturated carbocycles. The Morgan fingerprint density at radius 3 is 2.45 bits per heavy atom. The van der Waals surface area contributed by atoms with Crippen LogP contribution in [-0.4, -0.2) is 30.8 Å². The monoisotopic (exact) mass is 416 g/mol. The average molecular weight is 417 g/mol. The predicted molar refractivity (Wildman–Crippen MR) is 117 cm³/mol. The molecule has 154 valence electrons. The van der Waals surface area contributed by atoms with Gasteiger partial charge in [0.25, 0.3) is 5.91 Å². The number of amides is 3. The molecule has 0 fully saturated rings. The van der Waals surface area contributed by atoms with Gasteiger partial charge in [0.05, 0.1) is 17.3 Å². The number of nitrogens with one attached hydrogen (secondary N) is 4. The van der Waals surface area contributed by atoms with E-state index >= 15 is 0 Å². The molecular formula is C21H25ClN4O3. The number of hydrogen-bond donors (Lipinski definition) is 4. The standard InChI is InChI=1S/C21H25ClN4O3/c1-3-6-19(27)25-16-9-10-17(22)18(12-16)26-20(28)13-24-15-8-5-7-14(11-15)21(29)23-4-2/h5,7-12,24H,3-4,6,13H2,1-2H3,(H,23,29)(H,25,27)(H,26,28). The lowest BCUT2D eigenvalue weighted by Gasteiger charge is -2.12. The van der Waals surface area contributed by atoms with Gasteiger partial charge in [0.1, 0.15) is 0 Å². The average Bonchev–Trinajstić information content (AvgIpc) is 2.69. The van der Waals surface area contributed by atoms with Crippen LogP contribution in [0.2, 0.25) is 5.02 Å². The first-order chi connectivity index (χ1) is 13.9. The van der Waals surface area contributed by atoms with Gasteiger partial charge in [0.2, 0.25) is 11.8 Å². The van der Waals surface area contributed by atoms with E-state index < -0.39 is 0 Å². The van der Waals surface area contributed by atoms with Crippen molar-refractivity contribution in [2.24, 2.45) is 0 Å². The minimum Gasteiger partial charge on any atom is -0.376 e. The fraction of sp³-hybridized carbons (Fsp3) is 0.286. The van der Waals surface area contributed by atoms with Crippen molar-refractivity contribution in [1.29, 1.82) is 0 Å². The third-order valence-electron chi connectivity index (χ3n) is 3.92. The van der Waals surface area contributed by atoms with Gasteiger partial charge in [-0.2, -0.15) is 0 Å². The number of halogens is 1. The zero-order chi connectivity index (χ0) is 21.2. The lowest BCUT2D eigenvalue weighted by Crippen LogP contribution is -2.24. The van der Waals surface area contributed by atoms with E-state index in [1.54, 1.807) is 42.5 Å². The molecule has 7 nitrogen and oxygen atoms in total. The molecule has 8 heteroatoms. The first-order valence-electron chi connectivity index (χ1n) is 9.44. The molecule has 4 N–H and O–H groups in total. The normalized spacial score (nSPS) is 10.2. The largest absolute Gasteiger partial charge is 0.376 e. The minimum atomic E-state index is -0.313. The van der Waals surface area contributed by atoms with Crippen molar-refractivity contribution in [2.75, 3.05) is 29.0 Å². The van der Waals surface area contributed by atoms with Gasteiger partial charge in [-0.25, -0.2) is 0 Å². The molecule has 0 aromatic heterocycles. The minimum absolute atomic E-state index is 0.0123. The van der Waals surface area contributed by atoms with Crippen LogP contribution in [0.25, 0.3) is 0 Å². The molecule has 0 aliphatic rings. The Bertz CT molecular complexity index is 886. The highest BCUT2D eigenvalue weighted by molar-refractivity contribution is 6.33. The van der Waals surface area contributed by atoms with Crippen LogP contribution < -0.4 is 21.3 Å². The molecular weight excluding hydrogens is 392 g/mol. The quantitative estimate of drug-likeness (QED) is 0.498. The van der Waals surface area contributed by atoms with E-state index in [1.807, 2.05) is 13.8 Å². The lowest BCUT2D eigenvalue weighted by molar-refractivity contribution is -0.116. The topological polar surface area (TPSA) is 99.3 Å². The second-order valence-electron chi connectivity index (χ2n) is 6.33. The van der Waals surface area contributed by atoms with E-state index in [4.69, 9.17) is 11.6 Å². The van der Waals surface area contributed by atoms with Crippen LogP contribution in [0.3, 0.4) is 0 Å². The summed E-state index contributed by atoms with van der Waals surface area (Å²) in [5.74, 6) is -0.581. The molecule has 2 aromatic rings. The predicted octanol–water partition coefficient (Wildman–Crippen LogP) is 3.88. The number of anilines is 3. The fourth-order valence-corrected chi connectivity index (χ4v) is 2.72. The van der Waals surface area contributed by atoms with Crippen LogP contribution in [0.1, 0.15) is 37.0 Å². The SMILES string of the molecule is CCCC(=O)Nc1ccc(Cl)c(NC(=O)CNc2cccc(C(=O)NCC)c2)c1. The number of benzene rings is 2. The van der Waals surface area contributed by atoms with Gasteiger partial charge >= 0.3 is 0 Å². The second kappa shape index (κ2) is 11.1. The molecule has 0 aliphatic carbocycles. The van der Waals surface area contributed by atoms with Gasteiger partial charge in [0, 0.05) is 29.9 Å². The number of rotatable bonds is 9. The summed E-state index contributed by atoms with van der Waals surface area (Å²) in [6.07, 6.45) is 1.17. The molecule has 0 bridgehead atoms. The highest BCUT2D eigenvalue weighted by Gasteiger charge is 2.10. The van der Waals surface area contributed by atoms with Crippen LogP contribution in [-0.2, 0) is 9.59 Å². The van der Waals surface area contributed by atoms with Crippen LogP contribution in [0.5, 0.6) is 0 Å². The zero-order valence-corrected chi connectivity index (χ0v) is 17.2.